The zero-order chi connectivity index (χ0) is 20.4. The highest BCUT2D eigenvalue weighted by Gasteiger charge is 2.18. The lowest BCUT2D eigenvalue weighted by molar-refractivity contribution is -0.149. The maximum atomic E-state index is 12.5. The third-order valence-electron chi connectivity index (χ3n) is 3.64. The van der Waals surface area contributed by atoms with E-state index in [2.05, 4.69) is 0 Å². The van der Waals surface area contributed by atoms with Crippen molar-refractivity contribution in [2.45, 2.75) is 6.42 Å². The Morgan fingerprint density at radius 2 is 1.82 bits per heavy atom. The van der Waals surface area contributed by atoms with Gasteiger partial charge in [0.2, 0.25) is 0 Å². The normalized spacial score (nSPS) is 9.89. The second kappa shape index (κ2) is 10.8. The second-order valence-electron chi connectivity index (χ2n) is 5.56. The van der Waals surface area contributed by atoms with Crippen molar-refractivity contribution in [1.29, 1.82) is 5.26 Å². The molecule has 0 saturated heterocycles. The van der Waals surface area contributed by atoms with Crippen molar-refractivity contribution in [2.75, 3.05) is 31.8 Å². The van der Waals surface area contributed by atoms with Gasteiger partial charge in [-0.2, -0.15) is 5.26 Å². The number of amides is 1. The highest BCUT2D eigenvalue weighted by molar-refractivity contribution is 6.30. The number of anilines is 1. The molecule has 0 aliphatic carbocycles. The number of halogens is 1. The zero-order valence-corrected chi connectivity index (χ0v) is 16.0. The van der Waals surface area contributed by atoms with Crippen LogP contribution in [0.15, 0.2) is 48.5 Å². The fraction of sp³-hybridized carbons (Fsp3) is 0.250. The Hall–Kier alpha value is -3.24. The van der Waals surface area contributed by atoms with Crippen LogP contribution in [0.1, 0.15) is 6.42 Å². The average Bonchev–Trinajstić information content (AvgIpc) is 2.71. The van der Waals surface area contributed by atoms with Crippen molar-refractivity contribution < 1.29 is 23.8 Å². The molecule has 0 aliphatic rings. The number of hydrogen-bond donors (Lipinski definition) is 0. The minimum absolute atomic E-state index is 0.132. The third-order valence-corrected chi connectivity index (χ3v) is 3.88. The molecule has 2 rings (SSSR count). The van der Waals surface area contributed by atoms with Gasteiger partial charge in [-0.1, -0.05) is 17.7 Å². The van der Waals surface area contributed by atoms with Gasteiger partial charge in [-0.3, -0.25) is 4.79 Å². The van der Waals surface area contributed by atoms with Crippen molar-refractivity contribution in [1.82, 2.24) is 0 Å². The molecule has 0 aromatic heterocycles. The summed E-state index contributed by atoms with van der Waals surface area (Å²) in [5.74, 6) is -0.0107. The molecule has 1 amide bonds. The van der Waals surface area contributed by atoms with Crippen molar-refractivity contribution in [3.63, 3.8) is 0 Å². The fourth-order valence-electron chi connectivity index (χ4n) is 2.28. The Bertz CT molecular complexity index is 848. The molecule has 7 nitrogen and oxygen atoms in total. The lowest BCUT2D eigenvalue weighted by Crippen LogP contribution is -2.36. The van der Waals surface area contributed by atoms with Gasteiger partial charge in [0.25, 0.3) is 5.91 Å². The summed E-state index contributed by atoms with van der Waals surface area (Å²) in [6.07, 6.45) is 0.132. The van der Waals surface area contributed by atoms with Crippen LogP contribution >= 0.6 is 11.6 Å². The maximum absolute atomic E-state index is 12.5. The number of nitriles is 1. The van der Waals surface area contributed by atoms with E-state index in [1.54, 1.807) is 55.6 Å². The molecule has 8 heteroatoms. The minimum atomic E-state index is -0.685. The van der Waals surface area contributed by atoms with Gasteiger partial charge < -0.3 is 19.1 Å². The van der Waals surface area contributed by atoms with Gasteiger partial charge in [0, 0.05) is 17.3 Å². The number of carbonyl (C=O) groups is 2. The Labute approximate surface area is 168 Å². The van der Waals surface area contributed by atoms with Crippen LogP contribution in [0.4, 0.5) is 5.69 Å². The van der Waals surface area contributed by atoms with Crippen molar-refractivity contribution >= 4 is 29.2 Å². The van der Waals surface area contributed by atoms with Crippen LogP contribution in [-0.4, -0.2) is 38.7 Å². The van der Waals surface area contributed by atoms with E-state index in [1.807, 2.05) is 6.07 Å². The number of carbonyl (C=O) groups excluding carboxylic acids is 2. The topological polar surface area (TPSA) is 88.9 Å². The summed E-state index contributed by atoms with van der Waals surface area (Å²) in [5, 5.41) is 9.26. The Morgan fingerprint density at radius 1 is 1.11 bits per heavy atom. The fourth-order valence-corrected chi connectivity index (χ4v) is 2.46. The van der Waals surface area contributed by atoms with E-state index in [0.717, 1.165) is 0 Å². The van der Waals surface area contributed by atoms with Gasteiger partial charge in [-0.05, 0) is 42.5 Å². The second-order valence-corrected chi connectivity index (χ2v) is 5.99. The molecule has 28 heavy (non-hydrogen) atoms. The molecule has 0 aliphatic heterocycles. The molecule has 0 spiro atoms. The van der Waals surface area contributed by atoms with Crippen LogP contribution in [0.5, 0.6) is 11.5 Å². The van der Waals surface area contributed by atoms with Crippen LogP contribution in [-0.2, 0) is 14.3 Å². The van der Waals surface area contributed by atoms with Gasteiger partial charge in [-0.25, -0.2) is 4.79 Å². The molecule has 2 aromatic carbocycles. The standard InChI is InChI=1S/C20H19ClN2O5/c1-26-17-6-8-18(9-7-17)27-14-20(25)28-13-19(24)23(11-3-10-22)16-5-2-4-15(21)12-16/h2,4-9,12H,3,11,13-14H2,1H3. The summed E-state index contributed by atoms with van der Waals surface area (Å²) >= 11 is 5.96. The molecular formula is C20H19ClN2O5. The van der Waals surface area contributed by atoms with Crippen LogP contribution in [0.2, 0.25) is 5.02 Å². The molecule has 0 fully saturated rings. The monoisotopic (exact) mass is 402 g/mol. The highest BCUT2D eigenvalue weighted by Crippen LogP contribution is 2.20. The van der Waals surface area contributed by atoms with Crippen molar-refractivity contribution in [2.24, 2.45) is 0 Å². The lowest BCUT2D eigenvalue weighted by atomic mass is 10.2. The lowest BCUT2D eigenvalue weighted by Gasteiger charge is -2.21. The van der Waals surface area contributed by atoms with E-state index in [-0.39, 0.29) is 19.6 Å². The van der Waals surface area contributed by atoms with Crippen molar-refractivity contribution in [3.8, 4) is 17.6 Å². The number of hydrogen-bond acceptors (Lipinski definition) is 6. The molecule has 0 atom stereocenters. The first-order chi connectivity index (χ1) is 13.5. The van der Waals surface area contributed by atoms with Crippen LogP contribution < -0.4 is 14.4 Å². The maximum Gasteiger partial charge on any atom is 0.344 e. The Balaban J connectivity index is 1.88. The predicted molar refractivity (Wildman–Crippen MR) is 103 cm³/mol. The largest absolute Gasteiger partial charge is 0.497 e. The Kier molecular flexibility index (Phi) is 8.12. The Morgan fingerprint density at radius 3 is 2.46 bits per heavy atom. The van der Waals surface area contributed by atoms with E-state index in [0.29, 0.717) is 22.2 Å². The molecule has 0 saturated carbocycles. The summed E-state index contributed by atoms with van der Waals surface area (Å²) in [5.41, 5.74) is 0.526. The number of methoxy groups -OCH3 is 1. The third kappa shape index (κ3) is 6.49. The van der Waals surface area contributed by atoms with E-state index in [1.165, 1.54) is 4.90 Å². The molecule has 0 N–H and O–H groups in total. The number of rotatable bonds is 9. The quantitative estimate of drug-likeness (QED) is 0.598. The minimum Gasteiger partial charge on any atom is -0.497 e. The van der Waals surface area contributed by atoms with E-state index in [9.17, 15) is 9.59 Å². The molecule has 146 valence electrons. The SMILES string of the molecule is COc1ccc(OCC(=O)OCC(=O)N(CCC#N)c2cccc(Cl)c2)cc1. The first-order valence-electron chi connectivity index (χ1n) is 8.39. The summed E-state index contributed by atoms with van der Waals surface area (Å²) in [7, 11) is 1.55. The smallest absolute Gasteiger partial charge is 0.344 e. The first-order valence-corrected chi connectivity index (χ1v) is 8.76. The molecular weight excluding hydrogens is 384 g/mol. The number of benzene rings is 2. The molecule has 0 unspecified atom stereocenters. The predicted octanol–water partition coefficient (Wildman–Crippen LogP) is 3.22. The van der Waals surface area contributed by atoms with E-state index < -0.39 is 18.5 Å². The van der Waals surface area contributed by atoms with Gasteiger partial charge >= 0.3 is 5.97 Å². The molecule has 0 heterocycles. The van der Waals surface area contributed by atoms with Gasteiger partial charge in [0.15, 0.2) is 13.2 Å². The number of nitrogens with zero attached hydrogens (tertiary/aromatic N) is 2. The number of ether oxygens (including phenoxy) is 3. The van der Waals surface area contributed by atoms with Crippen LogP contribution in [0.25, 0.3) is 0 Å². The number of esters is 1. The summed E-state index contributed by atoms with van der Waals surface area (Å²) in [6, 6.07) is 15.3. The molecule has 0 bridgehead atoms. The van der Waals surface area contributed by atoms with E-state index >= 15 is 0 Å². The summed E-state index contributed by atoms with van der Waals surface area (Å²) < 4.78 is 15.3. The van der Waals surface area contributed by atoms with Gasteiger partial charge in [0.1, 0.15) is 11.5 Å². The average molecular weight is 403 g/mol. The van der Waals surface area contributed by atoms with Crippen LogP contribution in [0, 0.1) is 11.3 Å². The van der Waals surface area contributed by atoms with E-state index in [4.69, 9.17) is 31.1 Å². The molecule has 2 aromatic rings. The van der Waals surface area contributed by atoms with Crippen LogP contribution in [0.3, 0.4) is 0 Å². The zero-order valence-electron chi connectivity index (χ0n) is 15.3. The van der Waals surface area contributed by atoms with Gasteiger partial charge in [-0.15, -0.1) is 0 Å². The molecule has 0 radical (unpaired) electrons. The summed E-state index contributed by atoms with van der Waals surface area (Å²) in [6.45, 7) is -0.646. The summed E-state index contributed by atoms with van der Waals surface area (Å²) in [4.78, 5) is 25.7. The first kappa shape index (κ1) is 21.1. The highest BCUT2D eigenvalue weighted by atomic mass is 35.5. The van der Waals surface area contributed by atoms with Gasteiger partial charge in [0.05, 0.1) is 19.6 Å². The van der Waals surface area contributed by atoms with Crippen molar-refractivity contribution in [3.05, 3.63) is 53.6 Å².